The molecule has 1 aromatic heterocycles. The maximum Gasteiger partial charge on any atom is 0.157 e. The molecule has 0 amide bonds. The number of hydrogen-bond donors (Lipinski definition) is 1. The smallest absolute Gasteiger partial charge is 0.157 e. The lowest BCUT2D eigenvalue weighted by molar-refractivity contribution is 0.183. The Morgan fingerprint density at radius 1 is 1.59 bits per heavy atom. The number of nitrogens with one attached hydrogen (secondary N) is 1. The van der Waals surface area contributed by atoms with Crippen LogP contribution in [0.4, 0.5) is 0 Å². The zero-order chi connectivity index (χ0) is 11.2. The van der Waals surface area contributed by atoms with Gasteiger partial charge in [0.15, 0.2) is 5.75 Å². The number of ether oxygens (including phenoxy) is 2. The van der Waals surface area contributed by atoms with Crippen LogP contribution >= 0.6 is 12.4 Å². The Labute approximate surface area is 108 Å². The van der Waals surface area contributed by atoms with Gasteiger partial charge in [-0.1, -0.05) is 0 Å². The second-order valence-corrected chi connectivity index (χ2v) is 4.10. The van der Waals surface area contributed by atoms with E-state index < -0.39 is 0 Å². The molecule has 1 atom stereocenters. The third-order valence-corrected chi connectivity index (χ3v) is 2.78. The highest BCUT2D eigenvalue weighted by Crippen LogP contribution is 2.13. The average Bonchev–Trinajstić information content (AvgIpc) is 2.95. The summed E-state index contributed by atoms with van der Waals surface area (Å²) in [5.41, 5.74) is 0. The highest BCUT2D eigenvalue weighted by molar-refractivity contribution is 5.85. The van der Waals surface area contributed by atoms with Crippen LogP contribution in [0.3, 0.4) is 0 Å². The summed E-state index contributed by atoms with van der Waals surface area (Å²) in [6, 6.07) is 0. The Hall–Kier alpha value is -0.780. The molecule has 0 saturated carbocycles. The van der Waals surface area contributed by atoms with Crippen molar-refractivity contribution in [2.75, 3.05) is 33.4 Å². The SMILES string of the molecule is COCCn1cc(OCC2CCNC2)cn1.Cl. The Bertz CT molecular complexity index is 313. The first-order chi connectivity index (χ1) is 7.88. The van der Waals surface area contributed by atoms with E-state index in [0.29, 0.717) is 12.5 Å². The van der Waals surface area contributed by atoms with Gasteiger partial charge in [-0.05, 0) is 13.0 Å². The second-order valence-electron chi connectivity index (χ2n) is 4.10. The van der Waals surface area contributed by atoms with Crippen molar-refractivity contribution in [3.05, 3.63) is 12.4 Å². The van der Waals surface area contributed by atoms with Gasteiger partial charge in [0, 0.05) is 19.6 Å². The van der Waals surface area contributed by atoms with Crippen molar-refractivity contribution >= 4 is 12.4 Å². The summed E-state index contributed by atoms with van der Waals surface area (Å²) in [7, 11) is 1.69. The van der Waals surface area contributed by atoms with Crippen LogP contribution in [0.25, 0.3) is 0 Å². The quantitative estimate of drug-likeness (QED) is 0.828. The van der Waals surface area contributed by atoms with Crippen LogP contribution in [0, 0.1) is 5.92 Å². The van der Waals surface area contributed by atoms with Gasteiger partial charge in [0.1, 0.15) is 0 Å². The van der Waals surface area contributed by atoms with Gasteiger partial charge in [-0.3, -0.25) is 4.68 Å². The first kappa shape index (κ1) is 14.3. The number of halogens is 1. The van der Waals surface area contributed by atoms with Crippen molar-refractivity contribution in [1.29, 1.82) is 0 Å². The third kappa shape index (κ3) is 4.53. The summed E-state index contributed by atoms with van der Waals surface area (Å²) in [6.45, 7) is 4.40. The standard InChI is InChI=1S/C11H19N3O2.ClH/c1-15-5-4-14-8-11(7-13-14)16-9-10-2-3-12-6-10;/h7-8,10,12H,2-6,9H2,1H3;1H. The average molecular weight is 262 g/mol. The summed E-state index contributed by atoms with van der Waals surface area (Å²) in [5.74, 6) is 1.49. The first-order valence-corrected chi connectivity index (χ1v) is 5.73. The van der Waals surface area contributed by atoms with E-state index in [1.54, 1.807) is 13.3 Å². The number of aromatic nitrogens is 2. The molecule has 17 heavy (non-hydrogen) atoms. The molecule has 1 aliphatic rings. The van der Waals surface area contributed by atoms with Gasteiger partial charge in [0.2, 0.25) is 0 Å². The molecule has 2 heterocycles. The minimum atomic E-state index is 0. The van der Waals surface area contributed by atoms with Gasteiger partial charge in [0.25, 0.3) is 0 Å². The molecule has 0 aromatic carbocycles. The van der Waals surface area contributed by atoms with E-state index in [-0.39, 0.29) is 12.4 Å². The van der Waals surface area contributed by atoms with Gasteiger partial charge >= 0.3 is 0 Å². The van der Waals surface area contributed by atoms with Gasteiger partial charge in [-0.15, -0.1) is 12.4 Å². The van der Waals surface area contributed by atoms with Crippen LogP contribution < -0.4 is 10.1 Å². The number of nitrogens with zero attached hydrogens (tertiary/aromatic N) is 2. The Morgan fingerprint density at radius 3 is 3.18 bits per heavy atom. The molecule has 0 aliphatic carbocycles. The van der Waals surface area contributed by atoms with Crippen LogP contribution in [0.2, 0.25) is 0 Å². The van der Waals surface area contributed by atoms with Crippen molar-refractivity contribution in [1.82, 2.24) is 15.1 Å². The minimum absolute atomic E-state index is 0. The van der Waals surface area contributed by atoms with Gasteiger partial charge in [0.05, 0.1) is 32.2 Å². The second kappa shape index (κ2) is 7.53. The van der Waals surface area contributed by atoms with Crippen molar-refractivity contribution in [2.45, 2.75) is 13.0 Å². The van der Waals surface area contributed by atoms with Crippen molar-refractivity contribution in [3.8, 4) is 5.75 Å². The van der Waals surface area contributed by atoms with E-state index in [2.05, 4.69) is 10.4 Å². The molecule has 0 bridgehead atoms. The Morgan fingerprint density at radius 2 is 2.47 bits per heavy atom. The normalized spacial score (nSPS) is 19.0. The van der Waals surface area contributed by atoms with E-state index >= 15 is 0 Å². The zero-order valence-electron chi connectivity index (χ0n) is 10.1. The molecular weight excluding hydrogens is 242 g/mol. The molecule has 1 saturated heterocycles. The lowest BCUT2D eigenvalue weighted by Gasteiger charge is -2.08. The molecule has 2 rings (SSSR count). The predicted octanol–water partition coefficient (Wildman–Crippen LogP) is 0.940. The third-order valence-electron chi connectivity index (χ3n) is 2.78. The lowest BCUT2D eigenvalue weighted by Crippen LogP contribution is -2.15. The van der Waals surface area contributed by atoms with Crippen molar-refractivity contribution in [2.24, 2.45) is 5.92 Å². The topological polar surface area (TPSA) is 48.3 Å². The summed E-state index contributed by atoms with van der Waals surface area (Å²) in [6.07, 6.45) is 4.89. The van der Waals surface area contributed by atoms with E-state index in [9.17, 15) is 0 Å². The molecule has 6 heteroatoms. The molecule has 5 nitrogen and oxygen atoms in total. The summed E-state index contributed by atoms with van der Waals surface area (Å²) in [4.78, 5) is 0. The van der Waals surface area contributed by atoms with Crippen LogP contribution in [0.1, 0.15) is 6.42 Å². The Balaban J connectivity index is 0.00000144. The van der Waals surface area contributed by atoms with E-state index in [4.69, 9.17) is 9.47 Å². The van der Waals surface area contributed by atoms with E-state index in [1.165, 1.54) is 6.42 Å². The van der Waals surface area contributed by atoms with Gasteiger partial charge in [-0.2, -0.15) is 5.10 Å². The summed E-state index contributed by atoms with van der Waals surface area (Å²) in [5, 5.41) is 7.52. The fourth-order valence-electron chi connectivity index (χ4n) is 1.80. The van der Waals surface area contributed by atoms with E-state index in [1.807, 2.05) is 10.9 Å². The fourth-order valence-corrected chi connectivity index (χ4v) is 1.80. The van der Waals surface area contributed by atoms with Crippen LogP contribution in [0.15, 0.2) is 12.4 Å². The molecule has 0 radical (unpaired) electrons. The molecule has 1 unspecified atom stereocenters. The molecule has 1 aliphatic heterocycles. The van der Waals surface area contributed by atoms with Crippen LogP contribution in [-0.4, -0.2) is 43.2 Å². The minimum Gasteiger partial charge on any atom is -0.490 e. The predicted molar refractivity (Wildman–Crippen MR) is 67.8 cm³/mol. The molecule has 1 fully saturated rings. The van der Waals surface area contributed by atoms with Crippen LogP contribution in [0.5, 0.6) is 5.75 Å². The monoisotopic (exact) mass is 261 g/mol. The van der Waals surface area contributed by atoms with Crippen molar-refractivity contribution in [3.63, 3.8) is 0 Å². The maximum absolute atomic E-state index is 5.69. The zero-order valence-corrected chi connectivity index (χ0v) is 10.9. The molecule has 1 aromatic rings. The largest absolute Gasteiger partial charge is 0.490 e. The maximum atomic E-state index is 5.69. The first-order valence-electron chi connectivity index (χ1n) is 5.73. The molecule has 98 valence electrons. The van der Waals surface area contributed by atoms with E-state index in [0.717, 1.165) is 32.0 Å². The van der Waals surface area contributed by atoms with Crippen molar-refractivity contribution < 1.29 is 9.47 Å². The van der Waals surface area contributed by atoms with Crippen LogP contribution in [-0.2, 0) is 11.3 Å². The molecular formula is C11H20ClN3O2. The number of methoxy groups -OCH3 is 1. The number of hydrogen-bond acceptors (Lipinski definition) is 4. The van der Waals surface area contributed by atoms with Gasteiger partial charge < -0.3 is 14.8 Å². The summed E-state index contributed by atoms with van der Waals surface area (Å²) >= 11 is 0. The highest BCUT2D eigenvalue weighted by Gasteiger charge is 2.15. The fraction of sp³-hybridized carbons (Fsp3) is 0.727. The highest BCUT2D eigenvalue weighted by atomic mass is 35.5. The number of rotatable bonds is 6. The summed E-state index contributed by atoms with van der Waals surface area (Å²) < 4.78 is 12.5. The Kier molecular flexibility index (Phi) is 6.32. The van der Waals surface area contributed by atoms with Gasteiger partial charge in [-0.25, -0.2) is 0 Å². The molecule has 0 spiro atoms. The lowest BCUT2D eigenvalue weighted by atomic mass is 10.1. The molecule has 1 N–H and O–H groups in total.